The minimum Gasteiger partial charge on any atom is -0.459 e. The summed E-state index contributed by atoms with van der Waals surface area (Å²) in [6, 6.07) is 8.75. The molecule has 0 fully saturated rings. The van der Waals surface area contributed by atoms with Gasteiger partial charge in [-0.25, -0.2) is 0 Å². The van der Waals surface area contributed by atoms with Gasteiger partial charge in [-0.05, 0) is 45.1 Å². The highest BCUT2D eigenvalue weighted by atomic mass is 16.3. The van der Waals surface area contributed by atoms with E-state index in [2.05, 4.69) is 55.3 Å². The van der Waals surface area contributed by atoms with Crippen LogP contribution in [0, 0.1) is 6.92 Å². The van der Waals surface area contributed by atoms with Gasteiger partial charge in [0.05, 0.1) is 6.04 Å². The van der Waals surface area contributed by atoms with Crippen LogP contribution in [0.1, 0.15) is 37.6 Å². The Labute approximate surface area is 122 Å². The number of benzene rings is 1. The molecule has 0 amide bonds. The molecule has 3 nitrogen and oxygen atoms in total. The fourth-order valence-corrected chi connectivity index (χ4v) is 2.68. The number of para-hydroxylation sites is 1. The van der Waals surface area contributed by atoms with E-state index >= 15 is 0 Å². The predicted octanol–water partition coefficient (Wildman–Crippen LogP) is 3.73. The first kappa shape index (κ1) is 15.1. The number of aryl methyl sites for hydroxylation is 1. The highest BCUT2D eigenvalue weighted by Gasteiger charge is 2.16. The highest BCUT2D eigenvalue weighted by molar-refractivity contribution is 5.80. The number of nitrogens with zero attached hydrogens (tertiary/aromatic N) is 1. The summed E-state index contributed by atoms with van der Waals surface area (Å²) in [5.74, 6) is 1.05. The molecule has 0 aliphatic rings. The molecule has 1 aromatic heterocycles. The van der Waals surface area contributed by atoms with Crippen molar-refractivity contribution in [1.82, 2.24) is 10.2 Å². The van der Waals surface area contributed by atoms with Crippen LogP contribution in [-0.4, -0.2) is 31.6 Å². The SMILES string of the molecule is CCN(CC)CCC(NC)c1cc2cccc(C)c2o1. The zero-order valence-electron chi connectivity index (χ0n) is 13.1. The van der Waals surface area contributed by atoms with E-state index in [1.54, 1.807) is 0 Å². The van der Waals surface area contributed by atoms with Crippen molar-refractivity contribution in [3.63, 3.8) is 0 Å². The van der Waals surface area contributed by atoms with Gasteiger partial charge in [0.15, 0.2) is 0 Å². The zero-order chi connectivity index (χ0) is 14.5. The van der Waals surface area contributed by atoms with Crippen molar-refractivity contribution < 1.29 is 4.42 Å². The summed E-state index contributed by atoms with van der Waals surface area (Å²) in [6.45, 7) is 9.82. The molecule has 1 atom stereocenters. The lowest BCUT2D eigenvalue weighted by Gasteiger charge is -2.21. The molecule has 0 radical (unpaired) electrons. The Balaban J connectivity index is 2.15. The second-order valence-electron chi connectivity index (χ2n) is 5.30. The van der Waals surface area contributed by atoms with Crippen LogP contribution < -0.4 is 5.32 Å². The lowest BCUT2D eigenvalue weighted by molar-refractivity contribution is 0.276. The summed E-state index contributed by atoms with van der Waals surface area (Å²) in [5.41, 5.74) is 2.22. The number of fused-ring (bicyclic) bond motifs is 1. The maximum Gasteiger partial charge on any atom is 0.137 e. The van der Waals surface area contributed by atoms with Gasteiger partial charge in [0.2, 0.25) is 0 Å². The van der Waals surface area contributed by atoms with Crippen molar-refractivity contribution >= 4 is 11.0 Å². The Morgan fingerprint density at radius 3 is 2.60 bits per heavy atom. The van der Waals surface area contributed by atoms with E-state index in [4.69, 9.17) is 4.42 Å². The summed E-state index contributed by atoms with van der Waals surface area (Å²) < 4.78 is 6.07. The summed E-state index contributed by atoms with van der Waals surface area (Å²) in [7, 11) is 2.01. The Morgan fingerprint density at radius 1 is 1.25 bits per heavy atom. The molecule has 2 aromatic rings. The first-order chi connectivity index (χ1) is 9.69. The molecule has 0 spiro atoms. The average Bonchev–Trinajstić information content (AvgIpc) is 2.89. The molecule has 2 rings (SSSR count). The smallest absolute Gasteiger partial charge is 0.137 e. The van der Waals surface area contributed by atoms with Crippen molar-refractivity contribution in [2.24, 2.45) is 0 Å². The first-order valence-corrected chi connectivity index (χ1v) is 7.58. The van der Waals surface area contributed by atoms with Gasteiger partial charge in [0.25, 0.3) is 0 Å². The third-order valence-electron chi connectivity index (χ3n) is 4.08. The highest BCUT2D eigenvalue weighted by Crippen LogP contribution is 2.27. The van der Waals surface area contributed by atoms with E-state index in [1.807, 2.05) is 7.05 Å². The van der Waals surface area contributed by atoms with E-state index < -0.39 is 0 Å². The van der Waals surface area contributed by atoms with Gasteiger partial charge in [-0.15, -0.1) is 0 Å². The molecule has 0 saturated carbocycles. The summed E-state index contributed by atoms with van der Waals surface area (Å²) >= 11 is 0. The van der Waals surface area contributed by atoms with Gasteiger partial charge in [0, 0.05) is 11.9 Å². The lowest BCUT2D eigenvalue weighted by Crippen LogP contribution is -2.28. The van der Waals surface area contributed by atoms with Crippen molar-refractivity contribution in [3.8, 4) is 0 Å². The minimum atomic E-state index is 0.280. The van der Waals surface area contributed by atoms with Crippen molar-refractivity contribution in [1.29, 1.82) is 0 Å². The van der Waals surface area contributed by atoms with Gasteiger partial charge < -0.3 is 14.6 Å². The fraction of sp³-hybridized carbons (Fsp3) is 0.529. The van der Waals surface area contributed by atoms with E-state index in [-0.39, 0.29) is 6.04 Å². The van der Waals surface area contributed by atoms with Gasteiger partial charge in [0.1, 0.15) is 11.3 Å². The molecule has 0 aliphatic carbocycles. The standard InChI is InChI=1S/C17H26N2O/c1-5-19(6-2)11-10-15(18-4)16-12-14-9-7-8-13(3)17(14)20-16/h7-9,12,15,18H,5-6,10-11H2,1-4H3. The van der Waals surface area contributed by atoms with Gasteiger partial charge in [-0.2, -0.15) is 0 Å². The maximum atomic E-state index is 6.07. The molecule has 110 valence electrons. The Hall–Kier alpha value is -1.32. The van der Waals surface area contributed by atoms with Gasteiger partial charge >= 0.3 is 0 Å². The van der Waals surface area contributed by atoms with E-state index in [0.717, 1.165) is 37.4 Å². The molecule has 1 unspecified atom stereocenters. The fourth-order valence-electron chi connectivity index (χ4n) is 2.68. The monoisotopic (exact) mass is 274 g/mol. The van der Waals surface area contributed by atoms with E-state index in [1.165, 1.54) is 10.9 Å². The molecule has 1 heterocycles. The van der Waals surface area contributed by atoms with Crippen LogP contribution in [-0.2, 0) is 0 Å². The average molecular weight is 274 g/mol. The molecular formula is C17H26N2O. The van der Waals surface area contributed by atoms with Gasteiger partial charge in [-0.3, -0.25) is 0 Å². The number of hydrogen-bond donors (Lipinski definition) is 1. The second kappa shape index (κ2) is 6.91. The van der Waals surface area contributed by atoms with Crippen LogP contribution in [0.2, 0.25) is 0 Å². The third kappa shape index (κ3) is 3.22. The Bertz CT molecular complexity index is 543. The number of nitrogens with one attached hydrogen (secondary N) is 1. The van der Waals surface area contributed by atoms with Crippen LogP contribution in [0.4, 0.5) is 0 Å². The second-order valence-corrected chi connectivity index (χ2v) is 5.30. The largest absolute Gasteiger partial charge is 0.459 e. The van der Waals surface area contributed by atoms with Crippen LogP contribution in [0.3, 0.4) is 0 Å². The predicted molar refractivity (Wildman–Crippen MR) is 85.2 cm³/mol. The Morgan fingerprint density at radius 2 is 2.00 bits per heavy atom. The summed E-state index contributed by atoms with van der Waals surface area (Å²) in [4.78, 5) is 2.44. The molecule has 0 saturated heterocycles. The summed E-state index contributed by atoms with van der Waals surface area (Å²) in [6.07, 6.45) is 1.07. The van der Waals surface area contributed by atoms with Crippen molar-refractivity contribution in [3.05, 3.63) is 35.6 Å². The van der Waals surface area contributed by atoms with Crippen LogP contribution in [0.5, 0.6) is 0 Å². The molecule has 20 heavy (non-hydrogen) atoms. The van der Waals surface area contributed by atoms with Crippen LogP contribution in [0.15, 0.2) is 28.7 Å². The van der Waals surface area contributed by atoms with Crippen LogP contribution >= 0.6 is 0 Å². The molecule has 3 heteroatoms. The van der Waals surface area contributed by atoms with Crippen molar-refractivity contribution in [2.75, 3.05) is 26.7 Å². The van der Waals surface area contributed by atoms with E-state index in [0.29, 0.717) is 0 Å². The zero-order valence-corrected chi connectivity index (χ0v) is 13.1. The molecule has 0 aliphatic heterocycles. The molecule has 0 bridgehead atoms. The summed E-state index contributed by atoms with van der Waals surface area (Å²) in [5, 5.41) is 4.58. The molecule has 1 N–H and O–H groups in total. The molecule has 1 aromatic carbocycles. The first-order valence-electron chi connectivity index (χ1n) is 7.58. The normalized spacial score (nSPS) is 13.2. The minimum absolute atomic E-state index is 0.280. The van der Waals surface area contributed by atoms with Crippen molar-refractivity contribution in [2.45, 2.75) is 33.2 Å². The number of rotatable bonds is 7. The lowest BCUT2D eigenvalue weighted by atomic mass is 10.1. The van der Waals surface area contributed by atoms with E-state index in [9.17, 15) is 0 Å². The number of furan rings is 1. The van der Waals surface area contributed by atoms with Crippen LogP contribution in [0.25, 0.3) is 11.0 Å². The third-order valence-corrected chi connectivity index (χ3v) is 4.08. The maximum absolute atomic E-state index is 6.07. The van der Waals surface area contributed by atoms with Gasteiger partial charge in [-0.1, -0.05) is 32.0 Å². The molecular weight excluding hydrogens is 248 g/mol. The topological polar surface area (TPSA) is 28.4 Å². The Kier molecular flexibility index (Phi) is 5.21. The number of hydrogen-bond acceptors (Lipinski definition) is 3. The quantitative estimate of drug-likeness (QED) is 0.834.